The van der Waals surface area contributed by atoms with Gasteiger partial charge in [0.15, 0.2) is 5.11 Å². The van der Waals surface area contributed by atoms with Crippen molar-refractivity contribution >= 4 is 52.1 Å². The number of amides is 2. The summed E-state index contributed by atoms with van der Waals surface area (Å²) in [5.74, 6) is 1.01. The third-order valence-corrected chi connectivity index (χ3v) is 7.77. The number of rotatable bonds is 10. The summed E-state index contributed by atoms with van der Waals surface area (Å²) in [7, 11) is 0. The number of thiocarbonyl (C=S) groups is 1. The van der Waals surface area contributed by atoms with Crippen molar-refractivity contribution in [2.45, 2.75) is 20.0 Å². The third kappa shape index (κ3) is 8.74. The van der Waals surface area contributed by atoms with Gasteiger partial charge in [-0.15, -0.1) is 0 Å². The number of hydrogen-bond acceptors (Lipinski definition) is 6. The molecule has 10 heteroatoms. The lowest BCUT2D eigenvalue weighted by Crippen LogP contribution is -2.48. The second-order valence-corrected chi connectivity index (χ2v) is 11.3. The number of halogens is 1. The summed E-state index contributed by atoms with van der Waals surface area (Å²) >= 11 is 12.1. The van der Waals surface area contributed by atoms with Crippen LogP contribution in [0.15, 0.2) is 97.1 Å². The second-order valence-electron chi connectivity index (χ2n) is 10.5. The number of carbonyl (C=O) groups is 2. The fourth-order valence-corrected chi connectivity index (χ4v) is 5.40. The molecular formula is C35H35ClN4O4S. The number of anilines is 2. The Morgan fingerprint density at radius 3 is 2.29 bits per heavy atom. The average molecular weight is 643 g/mol. The van der Waals surface area contributed by atoms with Crippen LogP contribution < -0.4 is 25.0 Å². The first-order chi connectivity index (χ1) is 21.9. The van der Waals surface area contributed by atoms with Gasteiger partial charge in [-0.1, -0.05) is 54.9 Å². The van der Waals surface area contributed by atoms with Crippen LogP contribution in [0.4, 0.5) is 11.4 Å². The number of ether oxygens (including phenoxy) is 2. The van der Waals surface area contributed by atoms with E-state index < -0.39 is 0 Å². The normalized spacial score (nSPS) is 12.8. The largest absolute Gasteiger partial charge is 0.494 e. The molecule has 1 heterocycles. The highest BCUT2D eigenvalue weighted by Gasteiger charge is 2.23. The van der Waals surface area contributed by atoms with E-state index in [-0.39, 0.29) is 16.9 Å². The van der Waals surface area contributed by atoms with Crippen LogP contribution in [-0.2, 0) is 6.61 Å². The maximum absolute atomic E-state index is 13.0. The summed E-state index contributed by atoms with van der Waals surface area (Å²) in [4.78, 5) is 29.9. The van der Waals surface area contributed by atoms with E-state index in [1.807, 2.05) is 71.6 Å². The number of carbonyl (C=O) groups excluding carboxylic acids is 2. The Balaban J connectivity index is 1.10. The van der Waals surface area contributed by atoms with E-state index in [1.54, 1.807) is 30.3 Å². The van der Waals surface area contributed by atoms with Crippen molar-refractivity contribution in [3.63, 3.8) is 0 Å². The lowest BCUT2D eigenvalue weighted by Gasteiger charge is -2.36. The monoisotopic (exact) mass is 642 g/mol. The SMILES string of the molecule is CCCOc1ccc(C(=O)N2CCN(c3ccc(NC(=S)NC(=O)c4cccc(OCc5ccccc5)c4)cc3Cl)CC2)cc1. The van der Waals surface area contributed by atoms with E-state index in [0.717, 1.165) is 23.4 Å². The molecule has 0 aliphatic carbocycles. The predicted octanol–water partition coefficient (Wildman–Crippen LogP) is 6.80. The fraction of sp³-hybridized carbons (Fsp3) is 0.229. The van der Waals surface area contributed by atoms with Crippen molar-refractivity contribution in [3.8, 4) is 11.5 Å². The first-order valence-corrected chi connectivity index (χ1v) is 15.6. The minimum Gasteiger partial charge on any atom is -0.494 e. The van der Waals surface area contributed by atoms with E-state index in [4.69, 9.17) is 33.3 Å². The van der Waals surface area contributed by atoms with Gasteiger partial charge in [-0.3, -0.25) is 14.9 Å². The molecule has 1 aliphatic heterocycles. The molecule has 4 aromatic rings. The van der Waals surface area contributed by atoms with Gasteiger partial charge >= 0.3 is 0 Å². The Labute approximate surface area is 273 Å². The highest BCUT2D eigenvalue weighted by molar-refractivity contribution is 7.80. The second kappa shape index (κ2) is 15.4. The van der Waals surface area contributed by atoms with Gasteiger partial charge in [-0.2, -0.15) is 0 Å². The van der Waals surface area contributed by atoms with Gasteiger partial charge in [0.1, 0.15) is 18.1 Å². The van der Waals surface area contributed by atoms with Crippen LogP contribution in [0.3, 0.4) is 0 Å². The molecule has 0 atom stereocenters. The van der Waals surface area contributed by atoms with Gasteiger partial charge in [0.05, 0.1) is 17.3 Å². The van der Waals surface area contributed by atoms with Crippen molar-refractivity contribution in [3.05, 3.63) is 119 Å². The van der Waals surface area contributed by atoms with Gasteiger partial charge in [0, 0.05) is 43.0 Å². The highest BCUT2D eigenvalue weighted by atomic mass is 35.5. The zero-order chi connectivity index (χ0) is 31.6. The lowest BCUT2D eigenvalue weighted by molar-refractivity contribution is 0.0746. The van der Waals surface area contributed by atoms with E-state index >= 15 is 0 Å². The van der Waals surface area contributed by atoms with Gasteiger partial charge in [-0.25, -0.2) is 0 Å². The number of nitrogens with one attached hydrogen (secondary N) is 2. The number of hydrogen-bond donors (Lipinski definition) is 2. The van der Waals surface area contributed by atoms with Crippen LogP contribution in [0.1, 0.15) is 39.6 Å². The quantitative estimate of drug-likeness (QED) is 0.184. The van der Waals surface area contributed by atoms with Gasteiger partial charge in [0.2, 0.25) is 0 Å². The standard InChI is InChI=1S/C35H35ClN4O4S/c1-2-21-43-29-14-11-26(12-15-29)34(42)40-19-17-39(18-20-40)32-16-13-28(23-31(32)36)37-35(45)38-33(41)27-9-6-10-30(22-27)44-24-25-7-4-3-5-8-25/h3-16,22-23H,2,17-21,24H2,1H3,(H2,37,38,41,45). The summed E-state index contributed by atoms with van der Waals surface area (Å²) in [6.07, 6.45) is 0.933. The maximum atomic E-state index is 13.0. The Hall–Kier alpha value is -4.60. The predicted molar refractivity (Wildman–Crippen MR) is 183 cm³/mol. The Bertz CT molecular complexity index is 1630. The molecule has 4 aromatic carbocycles. The summed E-state index contributed by atoms with van der Waals surface area (Å²) < 4.78 is 11.5. The van der Waals surface area contributed by atoms with Crippen molar-refractivity contribution < 1.29 is 19.1 Å². The summed E-state index contributed by atoms with van der Waals surface area (Å²) in [5.41, 5.74) is 3.62. The number of nitrogens with zero attached hydrogens (tertiary/aromatic N) is 2. The molecule has 232 valence electrons. The molecule has 45 heavy (non-hydrogen) atoms. The van der Waals surface area contributed by atoms with Gasteiger partial charge in [0.25, 0.3) is 11.8 Å². The van der Waals surface area contributed by atoms with E-state index in [1.165, 1.54) is 0 Å². The third-order valence-electron chi connectivity index (χ3n) is 7.26. The van der Waals surface area contributed by atoms with Crippen LogP contribution in [-0.4, -0.2) is 54.6 Å². The summed E-state index contributed by atoms with van der Waals surface area (Å²) in [6, 6.07) is 29.6. The maximum Gasteiger partial charge on any atom is 0.257 e. The van der Waals surface area contributed by atoms with Crippen LogP contribution in [0.5, 0.6) is 11.5 Å². The summed E-state index contributed by atoms with van der Waals surface area (Å²) in [6.45, 7) is 5.58. The van der Waals surface area contributed by atoms with Gasteiger partial charge < -0.3 is 24.6 Å². The molecule has 2 N–H and O–H groups in total. The molecule has 0 saturated carbocycles. The summed E-state index contributed by atoms with van der Waals surface area (Å²) in [5, 5.41) is 6.44. The van der Waals surface area contributed by atoms with E-state index in [9.17, 15) is 9.59 Å². The molecule has 0 aromatic heterocycles. The minimum absolute atomic E-state index is 0.00401. The molecular weight excluding hydrogens is 608 g/mol. The topological polar surface area (TPSA) is 83.1 Å². The molecule has 8 nitrogen and oxygen atoms in total. The van der Waals surface area contributed by atoms with Crippen LogP contribution >= 0.6 is 23.8 Å². The number of piperazine rings is 1. The fourth-order valence-electron chi connectivity index (χ4n) is 4.89. The van der Waals surface area contributed by atoms with E-state index in [2.05, 4.69) is 22.5 Å². The first kappa shape index (κ1) is 31.8. The molecule has 5 rings (SSSR count). The Morgan fingerprint density at radius 2 is 1.58 bits per heavy atom. The Morgan fingerprint density at radius 1 is 0.822 bits per heavy atom. The molecule has 0 bridgehead atoms. The Kier molecular flexibility index (Phi) is 10.9. The lowest BCUT2D eigenvalue weighted by atomic mass is 10.1. The zero-order valence-corrected chi connectivity index (χ0v) is 26.6. The smallest absolute Gasteiger partial charge is 0.257 e. The van der Waals surface area contributed by atoms with Crippen LogP contribution in [0, 0.1) is 0 Å². The molecule has 0 spiro atoms. The number of benzene rings is 4. The average Bonchev–Trinajstić information content (AvgIpc) is 3.07. The van der Waals surface area contributed by atoms with Crippen molar-refractivity contribution in [2.75, 3.05) is 43.0 Å². The molecule has 0 unspecified atom stereocenters. The first-order valence-electron chi connectivity index (χ1n) is 14.9. The molecule has 0 radical (unpaired) electrons. The van der Waals surface area contributed by atoms with Gasteiger partial charge in [-0.05, 0) is 84.9 Å². The zero-order valence-electron chi connectivity index (χ0n) is 25.0. The van der Waals surface area contributed by atoms with Crippen molar-refractivity contribution in [2.24, 2.45) is 0 Å². The highest BCUT2D eigenvalue weighted by Crippen LogP contribution is 2.30. The molecule has 1 aliphatic rings. The molecule has 1 fully saturated rings. The van der Waals surface area contributed by atoms with Crippen molar-refractivity contribution in [1.29, 1.82) is 0 Å². The van der Waals surface area contributed by atoms with Crippen LogP contribution in [0.25, 0.3) is 0 Å². The van der Waals surface area contributed by atoms with Crippen LogP contribution in [0.2, 0.25) is 5.02 Å². The molecule has 1 saturated heterocycles. The molecule has 2 amide bonds. The van der Waals surface area contributed by atoms with Crippen molar-refractivity contribution in [1.82, 2.24) is 10.2 Å². The minimum atomic E-state index is -0.353. The van der Waals surface area contributed by atoms with E-state index in [0.29, 0.717) is 67.0 Å².